The van der Waals surface area contributed by atoms with Gasteiger partial charge in [-0.1, -0.05) is 18.2 Å². The first-order valence-corrected chi connectivity index (χ1v) is 4.18. The van der Waals surface area contributed by atoms with E-state index in [1.807, 2.05) is 0 Å². The third-order valence-electron chi connectivity index (χ3n) is 1.98. The Morgan fingerprint density at radius 3 is 2.50 bits per heavy atom. The zero-order chi connectivity index (χ0) is 10.2. The molecule has 2 aromatic rings. The van der Waals surface area contributed by atoms with E-state index in [-0.39, 0.29) is 5.69 Å². The normalized spacial score (nSPS) is 12.2. The maximum Gasteiger partial charge on any atom is 0.394 e. The molecule has 4 heteroatoms. The van der Waals surface area contributed by atoms with Crippen LogP contribution in [0.5, 0.6) is 0 Å². The molecule has 0 saturated heterocycles. The van der Waals surface area contributed by atoms with Gasteiger partial charge in [0.05, 0.1) is 6.42 Å². The van der Waals surface area contributed by atoms with Crippen LogP contribution in [0.3, 0.4) is 0 Å². The molecule has 14 heavy (non-hydrogen) atoms. The van der Waals surface area contributed by atoms with Gasteiger partial charge in [-0.2, -0.15) is 13.2 Å². The number of para-hydroxylation sites is 1. The minimum atomic E-state index is -4.15. The highest BCUT2D eigenvalue weighted by atomic mass is 19.4. The van der Waals surface area contributed by atoms with Crippen molar-refractivity contribution in [1.82, 2.24) is 4.98 Å². The number of aromatic amines is 1. The molecule has 0 fully saturated rings. The van der Waals surface area contributed by atoms with E-state index in [2.05, 4.69) is 4.98 Å². The van der Waals surface area contributed by atoms with Crippen molar-refractivity contribution in [3.05, 3.63) is 36.0 Å². The summed E-state index contributed by atoms with van der Waals surface area (Å²) in [6, 6.07) is 8.66. The Hall–Kier alpha value is -1.45. The van der Waals surface area contributed by atoms with Crippen molar-refractivity contribution in [3.8, 4) is 0 Å². The molecule has 0 radical (unpaired) electrons. The molecule has 0 unspecified atom stereocenters. The summed E-state index contributed by atoms with van der Waals surface area (Å²) in [4.78, 5) is 2.73. The molecule has 2 rings (SSSR count). The lowest BCUT2D eigenvalue weighted by Gasteiger charge is -2.02. The predicted molar refractivity (Wildman–Crippen MR) is 48.1 cm³/mol. The minimum Gasteiger partial charge on any atom is -0.358 e. The Balaban J connectivity index is 2.36. The second-order valence-electron chi connectivity index (χ2n) is 3.17. The molecular formula is C10H8F3N. The number of hydrogen-bond acceptors (Lipinski definition) is 0. The highest BCUT2D eigenvalue weighted by Crippen LogP contribution is 2.23. The number of H-pyrrole nitrogens is 1. The number of benzene rings is 1. The zero-order valence-electron chi connectivity index (χ0n) is 7.23. The Bertz CT molecular complexity index is 409. The van der Waals surface area contributed by atoms with Crippen molar-refractivity contribution in [3.63, 3.8) is 0 Å². The molecule has 0 atom stereocenters. The van der Waals surface area contributed by atoms with Crippen LogP contribution < -0.4 is 0 Å². The van der Waals surface area contributed by atoms with E-state index in [1.54, 1.807) is 24.3 Å². The summed E-state index contributed by atoms with van der Waals surface area (Å²) in [6.45, 7) is 0. The molecule has 0 saturated carbocycles. The molecule has 0 amide bonds. The Morgan fingerprint density at radius 2 is 1.86 bits per heavy atom. The van der Waals surface area contributed by atoms with Gasteiger partial charge in [0.2, 0.25) is 0 Å². The number of rotatable bonds is 1. The van der Waals surface area contributed by atoms with E-state index in [9.17, 15) is 13.2 Å². The third-order valence-corrected chi connectivity index (χ3v) is 1.98. The highest BCUT2D eigenvalue weighted by molar-refractivity contribution is 5.80. The van der Waals surface area contributed by atoms with Crippen LogP contribution >= 0.6 is 0 Å². The summed E-state index contributed by atoms with van der Waals surface area (Å²) in [5.41, 5.74) is 0.949. The molecule has 1 nitrogen and oxygen atoms in total. The van der Waals surface area contributed by atoms with Gasteiger partial charge in [-0.15, -0.1) is 0 Å². The average Bonchev–Trinajstić information content (AvgIpc) is 2.42. The monoisotopic (exact) mass is 199 g/mol. The summed E-state index contributed by atoms with van der Waals surface area (Å²) in [5.74, 6) is 0. The van der Waals surface area contributed by atoms with Crippen LogP contribution in [0.1, 0.15) is 5.69 Å². The maximum absolute atomic E-state index is 12.0. The second kappa shape index (κ2) is 3.04. The summed E-state index contributed by atoms with van der Waals surface area (Å²) in [5, 5.41) is 0.812. The molecule has 0 aliphatic rings. The van der Waals surface area contributed by atoms with Crippen molar-refractivity contribution in [1.29, 1.82) is 0 Å². The van der Waals surface area contributed by atoms with Gasteiger partial charge in [-0.25, -0.2) is 0 Å². The first kappa shape index (κ1) is 9.12. The molecule has 1 heterocycles. The molecule has 74 valence electrons. The fourth-order valence-electron chi connectivity index (χ4n) is 1.44. The molecule has 1 N–H and O–H groups in total. The molecule has 1 aromatic carbocycles. The van der Waals surface area contributed by atoms with E-state index in [4.69, 9.17) is 0 Å². The van der Waals surface area contributed by atoms with E-state index >= 15 is 0 Å². The van der Waals surface area contributed by atoms with Crippen LogP contribution in [0.25, 0.3) is 10.9 Å². The zero-order valence-corrected chi connectivity index (χ0v) is 7.23. The van der Waals surface area contributed by atoms with Gasteiger partial charge in [-0.05, 0) is 17.5 Å². The van der Waals surface area contributed by atoms with Crippen LogP contribution in [0.4, 0.5) is 13.2 Å². The Labute approximate surface area is 78.5 Å². The van der Waals surface area contributed by atoms with Crippen LogP contribution in [-0.4, -0.2) is 11.2 Å². The average molecular weight is 199 g/mol. The number of nitrogens with one attached hydrogen (secondary N) is 1. The number of hydrogen-bond donors (Lipinski definition) is 1. The second-order valence-corrected chi connectivity index (χ2v) is 3.17. The summed E-state index contributed by atoms with van der Waals surface area (Å²) >= 11 is 0. The topological polar surface area (TPSA) is 15.8 Å². The van der Waals surface area contributed by atoms with Crippen LogP contribution in [-0.2, 0) is 6.42 Å². The smallest absolute Gasteiger partial charge is 0.358 e. The first-order chi connectivity index (χ1) is 6.54. The van der Waals surface area contributed by atoms with Crippen molar-refractivity contribution < 1.29 is 13.2 Å². The fourth-order valence-corrected chi connectivity index (χ4v) is 1.44. The van der Waals surface area contributed by atoms with Gasteiger partial charge >= 0.3 is 6.18 Å². The molecule has 0 aliphatic heterocycles. The van der Waals surface area contributed by atoms with Gasteiger partial charge in [-0.3, -0.25) is 0 Å². The van der Waals surface area contributed by atoms with Crippen molar-refractivity contribution in [2.75, 3.05) is 0 Å². The van der Waals surface area contributed by atoms with Crippen molar-refractivity contribution in [2.24, 2.45) is 0 Å². The van der Waals surface area contributed by atoms with E-state index < -0.39 is 12.6 Å². The van der Waals surface area contributed by atoms with Gasteiger partial charge in [0.15, 0.2) is 0 Å². The summed E-state index contributed by atoms with van der Waals surface area (Å²) in [7, 11) is 0. The van der Waals surface area contributed by atoms with Crippen molar-refractivity contribution in [2.45, 2.75) is 12.6 Å². The van der Waals surface area contributed by atoms with Gasteiger partial charge in [0.25, 0.3) is 0 Å². The van der Waals surface area contributed by atoms with E-state index in [0.717, 1.165) is 10.9 Å². The maximum atomic E-state index is 12.0. The van der Waals surface area contributed by atoms with Gasteiger partial charge in [0.1, 0.15) is 0 Å². The SMILES string of the molecule is FC(F)(F)Cc1cc2ccccc2[nH]1. The minimum absolute atomic E-state index is 0.207. The number of alkyl halides is 3. The van der Waals surface area contributed by atoms with E-state index in [1.165, 1.54) is 6.07 Å². The largest absolute Gasteiger partial charge is 0.394 e. The predicted octanol–water partition coefficient (Wildman–Crippen LogP) is 3.27. The lowest BCUT2D eigenvalue weighted by atomic mass is 10.2. The summed E-state index contributed by atoms with van der Waals surface area (Å²) in [6.07, 6.45) is -5.05. The quantitative estimate of drug-likeness (QED) is 0.725. The first-order valence-electron chi connectivity index (χ1n) is 4.18. The van der Waals surface area contributed by atoms with Crippen LogP contribution in [0.15, 0.2) is 30.3 Å². The fraction of sp³-hybridized carbons (Fsp3) is 0.200. The lowest BCUT2D eigenvalue weighted by Crippen LogP contribution is -2.11. The van der Waals surface area contributed by atoms with E-state index in [0.29, 0.717) is 0 Å². The lowest BCUT2D eigenvalue weighted by molar-refractivity contribution is -0.127. The van der Waals surface area contributed by atoms with Crippen molar-refractivity contribution >= 4 is 10.9 Å². The van der Waals surface area contributed by atoms with Gasteiger partial charge < -0.3 is 4.98 Å². The van der Waals surface area contributed by atoms with Crippen LogP contribution in [0.2, 0.25) is 0 Å². The highest BCUT2D eigenvalue weighted by Gasteiger charge is 2.28. The number of halogens is 3. The molecule has 0 aliphatic carbocycles. The number of aromatic nitrogens is 1. The molecule has 0 spiro atoms. The Morgan fingerprint density at radius 1 is 1.14 bits per heavy atom. The van der Waals surface area contributed by atoms with Gasteiger partial charge in [0, 0.05) is 11.2 Å². The standard InChI is InChI=1S/C10H8F3N/c11-10(12,13)6-8-5-7-3-1-2-4-9(7)14-8/h1-5,14H,6H2. The Kier molecular flexibility index (Phi) is 1.98. The van der Waals surface area contributed by atoms with Crippen LogP contribution in [0, 0.1) is 0 Å². The molecular weight excluding hydrogens is 191 g/mol. The number of fused-ring (bicyclic) bond motifs is 1. The summed E-state index contributed by atoms with van der Waals surface area (Å²) < 4.78 is 36.1. The molecule has 1 aromatic heterocycles. The molecule has 0 bridgehead atoms. The third kappa shape index (κ3) is 1.89.